The van der Waals surface area contributed by atoms with Crippen molar-refractivity contribution in [1.29, 1.82) is 0 Å². The van der Waals surface area contributed by atoms with E-state index in [-0.39, 0.29) is 57.8 Å². The van der Waals surface area contributed by atoms with Crippen LogP contribution >= 0.6 is 0 Å². The van der Waals surface area contributed by atoms with Crippen molar-refractivity contribution in [1.82, 2.24) is 0 Å². The number of carbonyl (C=O) groups is 2. The summed E-state index contributed by atoms with van der Waals surface area (Å²) < 4.78 is 0. The fraction of sp³-hybridized carbons (Fsp3) is 0.800. The second kappa shape index (κ2) is 11.1. The van der Waals surface area contributed by atoms with Crippen LogP contribution in [0.5, 0.6) is 0 Å². The van der Waals surface area contributed by atoms with Crippen molar-refractivity contribution >= 4 is 63.3 Å². The molecule has 0 spiro atoms. The number of hydrogen-bond donors (Lipinski definition) is 2. The molecule has 0 rings (SSSR count). The maximum atomic E-state index is 10.5. The van der Waals surface area contributed by atoms with Crippen LogP contribution in [0.15, 0.2) is 0 Å². The van der Waals surface area contributed by atoms with Gasteiger partial charge >= 0.3 is 63.3 Å². The summed E-state index contributed by atoms with van der Waals surface area (Å²) in [6.45, 7) is 2.09. The van der Waals surface area contributed by atoms with Gasteiger partial charge in [0.25, 0.3) is 0 Å². The van der Waals surface area contributed by atoms with Crippen LogP contribution in [-0.2, 0) is 9.59 Å². The van der Waals surface area contributed by atoms with E-state index in [4.69, 9.17) is 10.2 Å². The van der Waals surface area contributed by atoms with E-state index in [1.165, 1.54) is 0 Å². The zero-order valence-electron chi connectivity index (χ0n) is 8.53. The van der Waals surface area contributed by atoms with Crippen molar-refractivity contribution in [3.8, 4) is 0 Å². The number of hydrogen-bond acceptors (Lipinski definition) is 2. The van der Waals surface area contributed by atoms with E-state index in [9.17, 15) is 9.59 Å². The standard InChI is InChI=1S/C10H18O4.K.H/c1-2-3-4-5-6-7-8(9(11)12)10(13)14;;/h8H,2-7H2,1H3,(H,11,12)(H,13,14);;. The molecule has 0 aromatic rings. The Labute approximate surface area is 133 Å². The Morgan fingerprint density at radius 1 is 1.00 bits per heavy atom. The molecule has 0 atom stereocenters. The van der Waals surface area contributed by atoms with Gasteiger partial charge in [-0.05, 0) is 6.42 Å². The van der Waals surface area contributed by atoms with Gasteiger partial charge in [0, 0.05) is 0 Å². The first-order chi connectivity index (χ1) is 6.59. The number of rotatable bonds is 8. The molecule has 4 nitrogen and oxygen atoms in total. The average Bonchev–Trinajstić information content (AvgIpc) is 2.09. The first-order valence-electron chi connectivity index (χ1n) is 5.05. The van der Waals surface area contributed by atoms with Crippen LogP contribution in [-0.4, -0.2) is 73.5 Å². The summed E-state index contributed by atoms with van der Waals surface area (Å²) >= 11 is 0. The summed E-state index contributed by atoms with van der Waals surface area (Å²) in [5, 5.41) is 17.1. The third-order valence-electron chi connectivity index (χ3n) is 2.19. The molecule has 0 aliphatic rings. The summed E-state index contributed by atoms with van der Waals surface area (Å²) in [5.74, 6) is -3.68. The molecule has 0 bridgehead atoms. The first kappa shape index (κ1) is 18.0. The number of unbranched alkanes of at least 4 members (excludes halogenated alkanes) is 4. The van der Waals surface area contributed by atoms with Crippen molar-refractivity contribution in [2.75, 3.05) is 0 Å². The van der Waals surface area contributed by atoms with Gasteiger partial charge in [-0.25, -0.2) is 0 Å². The van der Waals surface area contributed by atoms with E-state index in [0.29, 0.717) is 6.42 Å². The molecule has 0 aliphatic carbocycles. The second-order valence-corrected chi connectivity index (χ2v) is 3.43. The monoisotopic (exact) mass is 242 g/mol. The second-order valence-electron chi connectivity index (χ2n) is 3.43. The van der Waals surface area contributed by atoms with Crippen LogP contribution in [0.2, 0.25) is 0 Å². The molecule has 0 amide bonds. The minimum absolute atomic E-state index is 0. The Morgan fingerprint density at radius 3 is 1.87 bits per heavy atom. The summed E-state index contributed by atoms with van der Waals surface area (Å²) in [5.41, 5.74) is 0. The fourth-order valence-electron chi connectivity index (χ4n) is 1.30. The zero-order valence-corrected chi connectivity index (χ0v) is 8.53. The Bertz CT molecular complexity index is 180. The predicted molar refractivity (Wildman–Crippen MR) is 59.3 cm³/mol. The van der Waals surface area contributed by atoms with Gasteiger partial charge in [-0.3, -0.25) is 9.59 Å². The van der Waals surface area contributed by atoms with Crippen molar-refractivity contribution < 1.29 is 19.8 Å². The molecule has 15 heavy (non-hydrogen) atoms. The summed E-state index contributed by atoms with van der Waals surface area (Å²) in [4.78, 5) is 21.0. The fourth-order valence-corrected chi connectivity index (χ4v) is 1.30. The Balaban J connectivity index is 0. The van der Waals surface area contributed by atoms with E-state index >= 15 is 0 Å². The SMILES string of the molecule is CCCCCCCC(C(=O)O)C(=O)O.[KH]. The molecule has 0 heterocycles. The average molecular weight is 242 g/mol. The van der Waals surface area contributed by atoms with Crippen LogP contribution in [0.4, 0.5) is 0 Å². The first-order valence-corrected chi connectivity index (χ1v) is 5.05. The zero-order chi connectivity index (χ0) is 11.0. The van der Waals surface area contributed by atoms with Gasteiger partial charge in [-0.15, -0.1) is 0 Å². The molecule has 2 N–H and O–H groups in total. The molecular formula is C10H19KO4. The molecule has 5 heteroatoms. The number of carboxylic acid groups (broad SMARTS) is 2. The van der Waals surface area contributed by atoms with Gasteiger partial charge in [0.1, 0.15) is 0 Å². The summed E-state index contributed by atoms with van der Waals surface area (Å²) in [6.07, 6.45) is 5.16. The Kier molecular flexibility index (Phi) is 13.3. The summed E-state index contributed by atoms with van der Waals surface area (Å²) in [6, 6.07) is 0. The van der Waals surface area contributed by atoms with Crippen LogP contribution < -0.4 is 0 Å². The van der Waals surface area contributed by atoms with Gasteiger partial charge < -0.3 is 10.2 Å². The molecule has 0 aromatic carbocycles. The Hall–Kier alpha value is 0.576. The van der Waals surface area contributed by atoms with Gasteiger partial charge in [-0.2, -0.15) is 0 Å². The van der Waals surface area contributed by atoms with Gasteiger partial charge in [0.05, 0.1) is 0 Å². The summed E-state index contributed by atoms with van der Waals surface area (Å²) in [7, 11) is 0. The maximum absolute atomic E-state index is 10.5. The van der Waals surface area contributed by atoms with Crippen LogP contribution in [0.1, 0.15) is 45.4 Å². The molecule has 0 saturated heterocycles. The van der Waals surface area contributed by atoms with Crippen molar-refractivity contribution in [3.63, 3.8) is 0 Å². The topological polar surface area (TPSA) is 74.6 Å². The quantitative estimate of drug-likeness (QED) is 0.384. The van der Waals surface area contributed by atoms with Crippen LogP contribution in [0.25, 0.3) is 0 Å². The minimum atomic E-state index is -1.23. The van der Waals surface area contributed by atoms with Gasteiger partial charge in [0.2, 0.25) is 0 Å². The van der Waals surface area contributed by atoms with Crippen LogP contribution in [0, 0.1) is 5.92 Å². The van der Waals surface area contributed by atoms with Gasteiger partial charge in [0.15, 0.2) is 5.92 Å². The molecule has 0 saturated carbocycles. The van der Waals surface area contributed by atoms with Crippen LogP contribution in [0.3, 0.4) is 0 Å². The molecule has 0 unspecified atom stereocenters. The van der Waals surface area contributed by atoms with E-state index in [1.807, 2.05) is 0 Å². The van der Waals surface area contributed by atoms with E-state index in [0.717, 1.165) is 25.7 Å². The third-order valence-corrected chi connectivity index (χ3v) is 2.19. The normalized spacial score (nSPS) is 9.73. The molecule has 0 aliphatic heterocycles. The van der Waals surface area contributed by atoms with E-state index in [2.05, 4.69) is 6.92 Å². The van der Waals surface area contributed by atoms with Gasteiger partial charge in [-0.1, -0.05) is 39.0 Å². The molecule has 0 fully saturated rings. The molecular weight excluding hydrogens is 223 g/mol. The van der Waals surface area contributed by atoms with E-state index in [1.54, 1.807) is 0 Å². The number of aliphatic carboxylic acids is 2. The third kappa shape index (κ3) is 9.50. The molecule has 84 valence electrons. The van der Waals surface area contributed by atoms with Crippen molar-refractivity contribution in [2.45, 2.75) is 45.4 Å². The Morgan fingerprint density at radius 2 is 1.47 bits per heavy atom. The molecule has 0 radical (unpaired) electrons. The molecule has 0 aromatic heterocycles. The predicted octanol–water partition coefficient (Wildman–Crippen LogP) is 1.48. The number of carboxylic acids is 2. The van der Waals surface area contributed by atoms with Crippen molar-refractivity contribution in [3.05, 3.63) is 0 Å². The van der Waals surface area contributed by atoms with Crippen molar-refractivity contribution in [2.24, 2.45) is 5.92 Å². The van der Waals surface area contributed by atoms with E-state index < -0.39 is 17.9 Å².